The summed E-state index contributed by atoms with van der Waals surface area (Å²) in [7, 11) is -3.58. The van der Waals surface area contributed by atoms with Gasteiger partial charge >= 0.3 is 0 Å². The summed E-state index contributed by atoms with van der Waals surface area (Å²) in [6.45, 7) is 1.59. The highest BCUT2D eigenvalue weighted by Gasteiger charge is 2.14. The number of sulfonamides is 1. The smallest absolute Gasteiger partial charge is 0.240 e. The monoisotopic (exact) mass is 306 g/mol. The standard InChI is InChI=1S/C14H15N3O3S/c1-11(18)17-13-4-6-14(7-5-13)21(19,20)16-10-12-3-2-8-15-9-12/h2-9,16H,10H2,1H3,(H,17,18)/p+1. The van der Waals surface area contributed by atoms with E-state index in [0.29, 0.717) is 5.69 Å². The number of aromatic amines is 1. The predicted molar refractivity (Wildman–Crippen MR) is 77.8 cm³/mol. The molecule has 0 unspecified atom stereocenters. The van der Waals surface area contributed by atoms with Crippen LogP contribution in [0.1, 0.15) is 12.5 Å². The topological polar surface area (TPSA) is 89.4 Å². The van der Waals surface area contributed by atoms with Gasteiger partial charge in [0.2, 0.25) is 15.9 Å². The molecule has 1 aromatic carbocycles. The van der Waals surface area contributed by atoms with E-state index in [2.05, 4.69) is 15.0 Å². The molecule has 110 valence electrons. The second-order valence-electron chi connectivity index (χ2n) is 4.44. The molecule has 1 aromatic heterocycles. The van der Waals surface area contributed by atoms with Crippen LogP contribution >= 0.6 is 0 Å². The summed E-state index contributed by atoms with van der Waals surface area (Å²) in [6.07, 6.45) is 3.47. The fraction of sp³-hybridized carbons (Fsp3) is 0.143. The van der Waals surface area contributed by atoms with Gasteiger partial charge in [-0.15, -0.1) is 0 Å². The van der Waals surface area contributed by atoms with Crippen LogP contribution in [0.25, 0.3) is 0 Å². The molecule has 21 heavy (non-hydrogen) atoms. The number of H-pyrrole nitrogens is 1. The summed E-state index contributed by atoms with van der Waals surface area (Å²) < 4.78 is 26.8. The van der Waals surface area contributed by atoms with Gasteiger partial charge in [-0.05, 0) is 30.3 Å². The summed E-state index contributed by atoms with van der Waals surface area (Å²) in [5, 5.41) is 2.58. The molecular formula is C14H16N3O3S+. The highest BCUT2D eigenvalue weighted by molar-refractivity contribution is 7.89. The average molecular weight is 306 g/mol. The first-order valence-electron chi connectivity index (χ1n) is 6.30. The quantitative estimate of drug-likeness (QED) is 0.861. The molecule has 2 rings (SSSR count). The lowest BCUT2D eigenvalue weighted by Gasteiger charge is -2.07. The van der Waals surface area contributed by atoms with E-state index in [-0.39, 0.29) is 17.3 Å². The van der Waals surface area contributed by atoms with Crippen molar-refractivity contribution in [2.75, 3.05) is 5.32 Å². The molecule has 6 nitrogen and oxygen atoms in total. The second-order valence-corrected chi connectivity index (χ2v) is 6.21. The van der Waals surface area contributed by atoms with Crippen LogP contribution in [0.3, 0.4) is 0 Å². The van der Waals surface area contributed by atoms with Gasteiger partial charge in [-0.2, -0.15) is 0 Å². The minimum absolute atomic E-state index is 0.150. The van der Waals surface area contributed by atoms with Crippen LogP contribution in [0.5, 0.6) is 0 Å². The zero-order chi connectivity index (χ0) is 15.3. The van der Waals surface area contributed by atoms with Crippen LogP contribution in [0.15, 0.2) is 53.7 Å². The third-order valence-electron chi connectivity index (χ3n) is 2.72. The Bertz CT molecular complexity index is 713. The largest absolute Gasteiger partial charge is 0.326 e. The number of carbonyl (C=O) groups excluding carboxylic acids is 1. The molecule has 0 aliphatic carbocycles. The van der Waals surface area contributed by atoms with E-state index < -0.39 is 10.0 Å². The van der Waals surface area contributed by atoms with Crippen LogP contribution in [0, 0.1) is 0 Å². The summed E-state index contributed by atoms with van der Waals surface area (Å²) in [5.74, 6) is -0.205. The molecule has 0 aliphatic heterocycles. The molecule has 0 atom stereocenters. The van der Waals surface area contributed by atoms with Crippen molar-refractivity contribution in [3.63, 3.8) is 0 Å². The van der Waals surface area contributed by atoms with Gasteiger partial charge in [0.25, 0.3) is 0 Å². The summed E-state index contributed by atoms with van der Waals surface area (Å²) in [5.41, 5.74) is 1.38. The SMILES string of the molecule is CC(=O)Nc1ccc(S(=O)(=O)NCc2ccc[nH+]c2)cc1. The summed E-state index contributed by atoms with van der Waals surface area (Å²) in [4.78, 5) is 13.9. The Hall–Kier alpha value is -2.25. The summed E-state index contributed by atoms with van der Waals surface area (Å²) >= 11 is 0. The van der Waals surface area contributed by atoms with Gasteiger partial charge in [0.1, 0.15) is 0 Å². The Morgan fingerprint density at radius 3 is 2.48 bits per heavy atom. The number of aromatic nitrogens is 1. The van der Waals surface area contributed by atoms with E-state index >= 15 is 0 Å². The van der Waals surface area contributed by atoms with Crippen LogP contribution < -0.4 is 15.0 Å². The minimum Gasteiger partial charge on any atom is -0.326 e. The molecule has 2 aromatic rings. The predicted octanol–water partition coefficient (Wildman–Crippen LogP) is 0.938. The fourth-order valence-electron chi connectivity index (χ4n) is 1.72. The number of rotatable bonds is 5. The Morgan fingerprint density at radius 1 is 1.19 bits per heavy atom. The van der Waals surface area contributed by atoms with E-state index in [4.69, 9.17) is 0 Å². The number of amides is 1. The highest BCUT2D eigenvalue weighted by atomic mass is 32.2. The van der Waals surface area contributed by atoms with Gasteiger partial charge in [0.05, 0.1) is 4.90 Å². The number of nitrogens with one attached hydrogen (secondary N) is 3. The molecule has 7 heteroatoms. The molecule has 1 amide bonds. The average Bonchev–Trinajstić information content (AvgIpc) is 2.46. The number of hydrogen-bond donors (Lipinski definition) is 2. The Kier molecular flexibility index (Phi) is 4.66. The van der Waals surface area contributed by atoms with E-state index in [1.54, 1.807) is 30.6 Å². The Balaban J connectivity index is 2.07. The minimum atomic E-state index is -3.58. The van der Waals surface area contributed by atoms with Crippen molar-refractivity contribution >= 4 is 21.6 Å². The zero-order valence-electron chi connectivity index (χ0n) is 11.5. The fourth-order valence-corrected chi connectivity index (χ4v) is 2.74. The normalized spacial score (nSPS) is 11.1. The lowest BCUT2D eigenvalue weighted by Crippen LogP contribution is -2.23. The maximum Gasteiger partial charge on any atom is 0.240 e. The lowest BCUT2D eigenvalue weighted by molar-refractivity contribution is -0.378. The first-order chi connectivity index (χ1) is 9.97. The van der Waals surface area contributed by atoms with Gasteiger partial charge in [0.15, 0.2) is 12.4 Å². The number of pyridine rings is 1. The lowest BCUT2D eigenvalue weighted by atomic mass is 10.3. The molecule has 3 N–H and O–H groups in total. The van der Waals surface area contributed by atoms with Crippen molar-refractivity contribution in [3.05, 3.63) is 54.4 Å². The number of benzene rings is 1. The summed E-state index contributed by atoms with van der Waals surface area (Å²) in [6, 6.07) is 9.61. The Labute approximate surface area is 123 Å². The maximum absolute atomic E-state index is 12.1. The van der Waals surface area contributed by atoms with Gasteiger partial charge in [0, 0.05) is 30.8 Å². The van der Waals surface area contributed by atoms with Crippen LogP contribution in [0.4, 0.5) is 5.69 Å². The molecule has 0 radical (unpaired) electrons. The molecular weight excluding hydrogens is 290 g/mol. The van der Waals surface area contributed by atoms with Gasteiger partial charge in [-0.1, -0.05) is 0 Å². The third-order valence-corrected chi connectivity index (χ3v) is 4.14. The number of hydrogen-bond acceptors (Lipinski definition) is 3. The molecule has 0 spiro atoms. The zero-order valence-corrected chi connectivity index (χ0v) is 12.3. The molecule has 0 saturated carbocycles. The number of carbonyl (C=O) groups is 1. The van der Waals surface area contributed by atoms with Gasteiger partial charge in [-0.3, -0.25) is 4.79 Å². The maximum atomic E-state index is 12.1. The van der Waals surface area contributed by atoms with E-state index in [1.807, 2.05) is 6.07 Å². The van der Waals surface area contributed by atoms with Gasteiger partial charge in [-0.25, -0.2) is 18.1 Å². The van der Waals surface area contributed by atoms with Crippen molar-refractivity contribution < 1.29 is 18.2 Å². The van der Waals surface area contributed by atoms with E-state index in [0.717, 1.165) is 5.56 Å². The van der Waals surface area contributed by atoms with Crippen molar-refractivity contribution in [2.45, 2.75) is 18.4 Å². The van der Waals surface area contributed by atoms with Crippen molar-refractivity contribution in [3.8, 4) is 0 Å². The molecule has 0 fully saturated rings. The third kappa shape index (κ3) is 4.37. The van der Waals surface area contributed by atoms with Crippen molar-refractivity contribution in [2.24, 2.45) is 0 Å². The molecule has 0 bridgehead atoms. The molecule has 0 aliphatic rings. The number of anilines is 1. The molecule has 1 heterocycles. The van der Waals surface area contributed by atoms with Crippen molar-refractivity contribution in [1.29, 1.82) is 0 Å². The second kappa shape index (κ2) is 6.47. The highest BCUT2D eigenvalue weighted by Crippen LogP contribution is 2.14. The van der Waals surface area contributed by atoms with Crippen LogP contribution in [-0.4, -0.2) is 14.3 Å². The van der Waals surface area contributed by atoms with Crippen LogP contribution in [-0.2, 0) is 21.4 Å². The Morgan fingerprint density at radius 2 is 1.90 bits per heavy atom. The van der Waals surface area contributed by atoms with Crippen LogP contribution in [0.2, 0.25) is 0 Å². The first kappa shape index (κ1) is 15.1. The van der Waals surface area contributed by atoms with E-state index in [1.165, 1.54) is 19.1 Å². The van der Waals surface area contributed by atoms with E-state index in [9.17, 15) is 13.2 Å². The molecule has 0 saturated heterocycles. The van der Waals surface area contributed by atoms with Gasteiger partial charge < -0.3 is 5.32 Å². The van der Waals surface area contributed by atoms with Crippen molar-refractivity contribution in [1.82, 2.24) is 4.72 Å². The first-order valence-corrected chi connectivity index (χ1v) is 7.78.